The zero-order valence-electron chi connectivity index (χ0n) is 10.4. The van der Waals surface area contributed by atoms with Crippen molar-refractivity contribution in [2.45, 2.75) is 62.7 Å². The summed E-state index contributed by atoms with van der Waals surface area (Å²) in [5, 5.41) is 0. The number of rotatable bonds is 1. The van der Waals surface area contributed by atoms with Gasteiger partial charge in [-0.15, -0.1) is 0 Å². The highest BCUT2D eigenvalue weighted by molar-refractivity contribution is 4.96. The van der Waals surface area contributed by atoms with Gasteiger partial charge in [0, 0.05) is 37.3 Å². The van der Waals surface area contributed by atoms with Gasteiger partial charge in [-0.2, -0.15) is 0 Å². The average molecular weight is 223 g/mol. The van der Waals surface area contributed by atoms with Crippen molar-refractivity contribution in [2.24, 2.45) is 5.73 Å². The summed E-state index contributed by atoms with van der Waals surface area (Å²) in [7, 11) is 2.32. The van der Waals surface area contributed by atoms with Crippen molar-refractivity contribution in [3.8, 4) is 0 Å². The summed E-state index contributed by atoms with van der Waals surface area (Å²) in [6, 6.07) is 2.79. The maximum atomic E-state index is 6.24. The van der Waals surface area contributed by atoms with Crippen molar-refractivity contribution < 1.29 is 0 Å². The standard InChI is InChI=1S/C13H25N3/c1-15-10-5-6-11(15)9-16(8-7-10)13-4-2-3-12(13)14/h10-13H,2-9,14H2,1H3. The molecule has 3 fully saturated rings. The minimum Gasteiger partial charge on any atom is -0.326 e. The Morgan fingerprint density at radius 1 is 1.00 bits per heavy atom. The van der Waals surface area contributed by atoms with E-state index in [-0.39, 0.29) is 0 Å². The second-order valence-corrected chi connectivity index (χ2v) is 6.00. The summed E-state index contributed by atoms with van der Waals surface area (Å²) < 4.78 is 0. The van der Waals surface area contributed by atoms with Crippen LogP contribution in [0.1, 0.15) is 38.5 Å². The maximum absolute atomic E-state index is 6.24. The lowest BCUT2D eigenvalue weighted by molar-refractivity contribution is 0.163. The van der Waals surface area contributed by atoms with Crippen molar-refractivity contribution in [1.29, 1.82) is 0 Å². The highest BCUT2D eigenvalue weighted by Gasteiger charge is 2.38. The fourth-order valence-corrected chi connectivity index (χ4v) is 4.06. The van der Waals surface area contributed by atoms with E-state index >= 15 is 0 Å². The number of hydrogen-bond acceptors (Lipinski definition) is 3. The molecule has 0 radical (unpaired) electrons. The second kappa shape index (κ2) is 4.28. The van der Waals surface area contributed by atoms with Gasteiger partial charge in [-0.25, -0.2) is 0 Å². The summed E-state index contributed by atoms with van der Waals surface area (Å²) in [4.78, 5) is 5.33. The molecule has 2 bridgehead atoms. The van der Waals surface area contributed by atoms with Crippen LogP contribution in [0.3, 0.4) is 0 Å². The molecule has 3 aliphatic rings. The summed E-state index contributed by atoms with van der Waals surface area (Å²) in [6.07, 6.45) is 8.10. The third-order valence-electron chi connectivity index (χ3n) is 5.18. The van der Waals surface area contributed by atoms with Crippen LogP contribution in [0.4, 0.5) is 0 Å². The van der Waals surface area contributed by atoms with Crippen molar-refractivity contribution in [3.05, 3.63) is 0 Å². The normalized spacial score (nSPS) is 46.1. The zero-order chi connectivity index (χ0) is 11.1. The van der Waals surface area contributed by atoms with Crippen LogP contribution in [0.25, 0.3) is 0 Å². The molecule has 2 aliphatic heterocycles. The van der Waals surface area contributed by atoms with E-state index in [1.807, 2.05) is 0 Å². The molecule has 3 rings (SSSR count). The molecule has 2 N–H and O–H groups in total. The summed E-state index contributed by atoms with van der Waals surface area (Å²) in [5.41, 5.74) is 6.24. The van der Waals surface area contributed by atoms with Crippen LogP contribution in [0.2, 0.25) is 0 Å². The Bertz CT molecular complexity index is 256. The van der Waals surface area contributed by atoms with Gasteiger partial charge < -0.3 is 5.73 Å². The zero-order valence-corrected chi connectivity index (χ0v) is 10.4. The first-order valence-corrected chi connectivity index (χ1v) is 6.97. The number of fused-ring (bicyclic) bond motifs is 2. The summed E-state index contributed by atoms with van der Waals surface area (Å²) >= 11 is 0. The van der Waals surface area contributed by atoms with Gasteiger partial charge in [0.2, 0.25) is 0 Å². The Hall–Kier alpha value is -0.120. The van der Waals surface area contributed by atoms with Gasteiger partial charge in [-0.05, 0) is 39.2 Å². The van der Waals surface area contributed by atoms with Crippen LogP contribution in [0, 0.1) is 0 Å². The molecule has 0 aromatic carbocycles. The van der Waals surface area contributed by atoms with Crippen LogP contribution in [0.5, 0.6) is 0 Å². The average Bonchev–Trinajstić information content (AvgIpc) is 2.74. The van der Waals surface area contributed by atoms with Gasteiger partial charge in [0.25, 0.3) is 0 Å². The number of nitrogens with zero attached hydrogens (tertiary/aromatic N) is 2. The third kappa shape index (κ3) is 1.79. The second-order valence-electron chi connectivity index (χ2n) is 6.00. The van der Waals surface area contributed by atoms with Crippen LogP contribution >= 0.6 is 0 Å². The minimum absolute atomic E-state index is 0.446. The SMILES string of the molecule is CN1C2CCC1CN(C1CCCC1N)CC2. The van der Waals surface area contributed by atoms with Gasteiger partial charge in [0.1, 0.15) is 0 Å². The van der Waals surface area contributed by atoms with Gasteiger partial charge >= 0.3 is 0 Å². The Balaban J connectivity index is 1.69. The van der Waals surface area contributed by atoms with Crippen molar-refractivity contribution in [1.82, 2.24) is 9.80 Å². The third-order valence-corrected chi connectivity index (χ3v) is 5.18. The Labute approximate surface area is 99.0 Å². The minimum atomic E-state index is 0.446. The van der Waals surface area contributed by atoms with E-state index in [1.54, 1.807) is 0 Å². The van der Waals surface area contributed by atoms with Gasteiger partial charge in [-0.3, -0.25) is 9.80 Å². The Morgan fingerprint density at radius 2 is 1.81 bits per heavy atom. The van der Waals surface area contributed by atoms with Crippen molar-refractivity contribution in [3.63, 3.8) is 0 Å². The molecule has 92 valence electrons. The molecule has 0 aromatic heterocycles. The molecular formula is C13H25N3. The summed E-state index contributed by atoms with van der Waals surface area (Å²) in [6.45, 7) is 2.55. The van der Waals surface area contributed by atoms with E-state index in [2.05, 4.69) is 16.8 Å². The molecule has 1 saturated carbocycles. The predicted octanol–water partition coefficient (Wildman–Crippen LogP) is 1.03. The molecule has 0 aromatic rings. The van der Waals surface area contributed by atoms with E-state index < -0.39 is 0 Å². The molecular weight excluding hydrogens is 198 g/mol. The highest BCUT2D eigenvalue weighted by atomic mass is 15.3. The van der Waals surface area contributed by atoms with Crippen LogP contribution in [0.15, 0.2) is 0 Å². The van der Waals surface area contributed by atoms with Gasteiger partial charge in [-0.1, -0.05) is 6.42 Å². The van der Waals surface area contributed by atoms with E-state index in [9.17, 15) is 0 Å². The van der Waals surface area contributed by atoms with Crippen LogP contribution in [-0.2, 0) is 0 Å². The van der Waals surface area contributed by atoms with Gasteiger partial charge in [0.15, 0.2) is 0 Å². The lowest BCUT2D eigenvalue weighted by Crippen LogP contribution is -2.48. The molecule has 2 heterocycles. The first-order chi connectivity index (χ1) is 7.75. The van der Waals surface area contributed by atoms with Crippen LogP contribution in [-0.4, -0.2) is 54.1 Å². The van der Waals surface area contributed by atoms with E-state index in [4.69, 9.17) is 5.73 Å². The Kier molecular flexibility index (Phi) is 2.94. The van der Waals surface area contributed by atoms with E-state index in [1.165, 1.54) is 51.6 Å². The molecule has 1 aliphatic carbocycles. The number of nitrogens with two attached hydrogens (primary N) is 1. The highest BCUT2D eigenvalue weighted by Crippen LogP contribution is 2.32. The number of likely N-dealkylation sites (tertiary alicyclic amines) is 1. The lowest BCUT2D eigenvalue weighted by Gasteiger charge is -2.33. The van der Waals surface area contributed by atoms with E-state index in [0.717, 1.165) is 12.1 Å². The number of hydrogen-bond donors (Lipinski definition) is 1. The molecule has 4 atom stereocenters. The smallest absolute Gasteiger partial charge is 0.0247 e. The first kappa shape index (κ1) is 11.0. The van der Waals surface area contributed by atoms with Crippen LogP contribution < -0.4 is 5.73 Å². The van der Waals surface area contributed by atoms with E-state index in [0.29, 0.717) is 12.1 Å². The fraction of sp³-hybridized carbons (Fsp3) is 1.00. The lowest BCUT2D eigenvalue weighted by atomic mass is 10.0. The molecule has 0 amide bonds. The van der Waals surface area contributed by atoms with Crippen molar-refractivity contribution in [2.75, 3.05) is 20.1 Å². The molecule has 2 saturated heterocycles. The Morgan fingerprint density at radius 3 is 2.56 bits per heavy atom. The monoisotopic (exact) mass is 223 g/mol. The van der Waals surface area contributed by atoms with Crippen molar-refractivity contribution >= 4 is 0 Å². The molecule has 3 nitrogen and oxygen atoms in total. The number of likely N-dealkylation sites (N-methyl/N-ethyl adjacent to an activating group) is 1. The topological polar surface area (TPSA) is 32.5 Å². The summed E-state index contributed by atoms with van der Waals surface area (Å²) in [5.74, 6) is 0. The molecule has 0 spiro atoms. The predicted molar refractivity (Wildman–Crippen MR) is 66.4 cm³/mol. The molecule has 3 heteroatoms. The largest absolute Gasteiger partial charge is 0.326 e. The van der Waals surface area contributed by atoms with Gasteiger partial charge in [0.05, 0.1) is 0 Å². The maximum Gasteiger partial charge on any atom is 0.0247 e. The molecule has 4 unspecified atom stereocenters. The molecule has 16 heavy (non-hydrogen) atoms. The quantitative estimate of drug-likeness (QED) is 0.721. The fourth-order valence-electron chi connectivity index (χ4n) is 4.06. The first-order valence-electron chi connectivity index (χ1n) is 6.97.